The number of hydrazone groups is 1. The third-order valence-electron chi connectivity index (χ3n) is 3.95. The minimum Gasteiger partial charge on any atom is -0.497 e. The van der Waals surface area contributed by atoms with Crippen molar-refractivity contribution in [1.82, 2.24) is 5.43 Å². The number of nitrogens with one attached hydrogen (secondary N) is 1. The molecular formula is C19H22BrN3O5S. The summed E-state index contributed by atoms with van der Waals surface area (Å²) in [5.41, 5.74) is 3.99. The van der Waals surface area contributed by atoms with Crippen LogP contribution in [0.3, 0.4) is 0 Å². The molecule has 0 heterocycles. The first-order valence-electron chi connectivity index (χ1n) is 8.44. The summed E-state index contributed by atoms with van der Waals surface area (Å²) in [6.07, 6.45) is 1.01. The van der Waals surface area contributed by atoms with E-state index in [1.165, 1.54) is 20.3 Å². The van der Waals surface area contributed by atoms with Crippen LogP contribution in [0.4, 0.5) is 5.69 Å². The number of carbonyl (C=O) groups is 1. The lowest BCUT2D eigenvalue weighted by molar-refractivity contribution is -0.119. The van der Waals surface area contributed by atoms with E-state index in [0.717, 1.165) is 20.6 Å². The van der Waals surface area contributed by atoms with Crippen molar-refractivity contribution in [1.29, 1.82) is 0 Å². The van der Waals surface area contributed by atoms with Gasteiger partial charge in [-0.25, -0.2) is 13.8 Å². The van der Waals surface area contributed by atoms with Gasteiger partial charge in [0.25, 0.3) is 5.91 Å². The zero-order chi connectivity index (χ0) is 21.6. The summed E-state index contributed by atoms with van der Waals surface area (Å²) in [5.74, 6) is 0.120. The van der Waals surface area contributed by atoms with Crippen molar-refractivity contribution in [2.45, 2.75) is 6.92 Å². The third-order valence-corrected chi connectivity index (χ3v) is 5.61. The molecule has 2 aromatic rings. The molecule has 10 heteroatoms. The number of sulfonamides is 1. The molecule has 0 aliphatic rings. The average molecular weight is 484 g/mol. The second-order valence-electron chi connectivity index (χ2n) is 6.05. The topological polar surface area (TPSA) is 97.3 Å². The second kappa shape index (κ2) is 9.75. The predicted molar refractivity (Wildman–Crippen MR) is 116 cm³/mol. The van der Waals surface area contributed by atoms with Crippen LogP contribution in [0.2, 0.25) is 0 Å². The van der Waals surface area contributed by atoms with E-state index >= 15 is 0 Å². The van der Waals surface area contributed by atoms with Gasteiger partial charge in [-0.05, 0) is 36.8 Å². The highest BCUT2D eigenvalue weighted by Crippen LogP contribution is 2.33. The summed E-state index contributed by atoms with van der Waals surface area (Å²) in [6.45, 7) is 1.27. The molecule has 2 aromatic carbocycles. The highest BCUT2D eigenvalue weighted by Gasteiger charge is 2.24. The van der Waals surface area contributed by atoms with Crippen LogP contribution in [0.5, 0.6) is 11.5 Å². The lowest BCUT2D eigenvalue weighted by Gasteiger charge is -2.23. The van der Waals surface area contributed by atoms with Gasteiger partial charge in [0, 0.05) is 10.5 Å². The monoisotopic (exact) mass is 483 g/mol. The predicted octanol–water partition coefficient (Wildman–Crippen LogP) is 2.77. The normalized spacial score (nSPS) is 11.7. The van der Waals surface area contributed by atoms with Crippen molar-refractivity contribution in [3.8, 4) is 11.5 Å². The summed E-state index contributed by atoms with van der Waals surface area (Å²) in [6, 6.07) is 12.1. The molecule has 0 aliphatic carbocycles. The van der Waals surface area contributed by atoms with Gasteiger partial charge in [0.1, 0.15) is 18.0 Å². The van der Waals surface area contributed by atoms with Gasteiger partial charge in [0.2, 0.25) is 10.0 Å². The average Bonchev–Trinajstić information content (AvgIpc) is 2.69. The summed E-state index contributed by atoms with van der Waals surface area (Å²) in [4.78, 5) is 12.4. The van der Waals surface area contributed by atoms with Gasteiger partial charge >= 0.3 is 0 Å². The van der Waals surface area contributed by atoms with E-state index in [4.69, 9.17) is 9.47 Å². The quantitative estimate of drug-likeness (QED) is 0.459. The number of hydrogen-bond donors (Lipinski definition) is 1. The van der Waals surface area contributed by atoms with Crippen molar-refractivity contribution in [2.75, 3.05) is 31.3 Å². The van der Waals surface area contributed by atoms with Crippen LogP contribution in [0.1, 0.15) is 12.5 Å². The molecule has 0 atom stereocenters. The maximum Gasteiger partial charge on any atom is 0.260 e. The molecule has 0 bridgehead atoms. The van der Waals surface area contributed by atoms with Gasteiger partial charge in [0.05, 0.1) is 31.9 Å². The maximum atomic E-state index is 12.4. The molecule has 8 nitrogen and oxygen atoms in total. The summed E-state index contributed by atoms with van der Waals surface area (Å²) < 4.78 is 36.9. The van der Waals surface area contributed by atoms with Gasteiger partial charge in [-0.2, -0.15) is 5.10 Å². The lowest BCUT2D eigenvalue weighted by Crippen LogP contribution is -2.39. The van der Waals surface area contributed by atoms with Crippen molar-refractivity contribution in [3.05, 3.63) is 52.5 Å². The molecule has 2 rings (SSSR count). The van der Waals surface area contributed by atoms with E-state index in [2.05, 4.69) is 26.5 Å². The van der Waals surface area contributed by atoms with Crippen LogP contribution in [0.15, 0.2) is 52.0 Å². The molecule has 0 fully saturated rings. The third kappa shape index (κ3) is 6.20. The van der Waals surface area contributed by atoms with Gasteiger partial charge < -0.3 is 9.47 Å². The molecule has 1 amide bonds. The summed E-state index contributed by atoms with van der Waals surface area (Å²) in [5, 5.41) is 4.05. The number of benzene rings is 2. The number of amides is 1. The zero-order valence-electron chi connectivity index (χ0n) is 16.5. The molecule has 0 saturated carbocycles. The number of nitrogens with zero attached hydrogens (tertiary/aromatic N) is 2. The highest BCUT2D eigenvalue weighted by atomic mass is 79.9. The number of methoxy groups -OCH3 is 2. The summed E-state index contributed by atoms with van der Waals surface area (Å²) in [7, 11) is -0.907. The fourth-order valence-electron chi connectivity index (χ4n) is 2.44. The molecular weight excluding hydrogens is 462 g/mol. The SMILES string of the molecule is COc1ccc(OC)c(N(CC(=O)N/N=C(/C)c2ccc(Br)cc2)S(C)(=O)=O)c1. The fourth-order valence-corrected chi connectivity index (χ4v) is 3.56. The molecule has 0 aliphatic heterocycles. The molecule has 0 saturated heterocycles. The van der Waals surface area contributed by atoms with E-state index < -0.39 is 22.5 Å². The minimum absolute atomic E-state index is 0.193. The first kappa shape index (κ1) is 22.7. The Labute approximate surface area is 178 Å². The van der Waals surface area contributed by atoms with Gasteiger partial charge in [-0.15, -0.1) is 0 Å². The standard InChI is InChI=1S/C19H22BrN3O5S/c1-13(14-5-7-15(20)8-6-14)21-22-19(24)12-23(29(4,25)26)17-11-16(27-2)9-10-18(17)28-3/h5-11H,12H2,1-4H3,(H,22,24)/b21-13-. The van der Waals surface area contributed by atoms with E-state index in [1.54, 1.807) is 19.1 Å². The Balaban J connectivity index is 2.24. The Hall–Kier alpha value is -2.59. The Morgan fingerprint density at radius 2 is 1.79 bits per heavy atom. The van der Waals surface area contributed by atoms with E-state index in [9.17, 15) is 13.2 Å². The first-order chi connectivity index (χ1) is 13.7. The van der Waals surface area contributed by atoms with Gasteiger partial charge in [-0.1, -0.05) is 28.1 Å². The van der Waals surface area contributed by atoms with E-state index in [-0.39, 0.29) is 5.69 Å². The first-order valence-corrected chi connectivity index (χ1v) is 11.1. The second-order valence-corrected chi connectivity index (χ2v) is 8.87. The zero-order valence-corrected chi connectivity index (χ0v) is 18.9. The van der Waals surface area contributed by atoms with Gasteiger partial charge in [-0.3, -0.25) is 9.10 Å². The molecule has 0 spiro atoms. The molecule has 1 N–H and O–H groups in total. The van der Waals surface area contributed by atoms with Crippen LogP contribution in [0.25, 0.3) is 0 Å². The van der Waals surface area contributed by atoms with Crippen LogP contribution in [-0.2, 0) is 14.8 Å². The molecule has 29 heavy (non-hydrogen) atoms. The van der Waals surface area contributed by atoms with E-state index in [0.29, 0.717) is 17.2 Å². The fraction of sp³-hybridized carbons (Fsp3) is 0.263. The summed E-state index contributed by atoms with van der Waals surface area (Å²) >= 11 is 3.36. The number of anilines is 1. The Bertz CT molecular complexity index is 1010. The minimum atomic E-state index is -3.78. The Morgan fingerprint density at radius 3 is 2.34 bits per heavy atom. The number of rotatable bonds is 8. The number of hydrogen-bond acceptors (Lipinski definition) is 6. The largest absolute Gasteiger partial charge is 0.497 e. The Morgan fingerprint density at radius 1 is 1.14 bits per heavy atom. The van der Waals surface area contributed by atoms with Crippen LogP contribution >= 0.6 is 15.9 Å². The van der Waals surface area contributed by atoms with E-state index in [1.807, 2.05) is 24.3 Å². The van der Waals surface area contributed by atoms with Crippen molar-refractivity contribution in [3.63, 3.8) is 0 Å². The van der Waals surface area contributed by atoms with Gasteiger partial charge in [0.15, 0.2) is 0 Å². The molecule has 0 aromatic heterocycles. The lowest BCUT2D eigenvalue weighted by atomic mass is 10.1. The van der Waals surface area contributed by atoms with Crippen LogP contribution < -0.4 is 19.2 Å². The maximum absolute atomic E-state index is 12.4. The molecule has 0 unspecified atom stereocenters. The Kier molecular flexibility index (Phi) is 7.63. The number of ether oxygens (including phenoxy) is 2. The van der Waals surface area contributed by atoms with Crippen molar-refractivity contribution < 1.29 is 22.7 Å². The van der Waals surface area contributed by atoms with Crippen LogP contribution in [-0.4, -0.2) is 47.1 Å². The smallest absolute Gasteiger partial charge is 0.260 e. The van der Waals surface area contributed by atoms with Crippen LogP contribution in [0, 0.1) is 0 Å². The molecule has 0 radical (unpaired) electrons. The van der Waals surface area contributed by atoms with Crippen molar-refractivity contribution >= 4 is 43.3 Å². The van der Waals surface area contributed by atoms with Crippen molar-refractivity contribution in [2.24, 2.45) is 5.10 Å². The molecule has 156 valence electrons. The highest BCUT2D eigenvalue weighted by molar-refractivity contribution is 9.10. The number of carbonyl (C=O) groups excluding carboxylic acids is 1. The number of halogens is 1.